The Bertz CT molecular complexity index is 2460. The summed E-state index contributed by atoms with van der Waals surface area (Å²) in [5, 5.41) is 26.6. The molecule has 5 aromatic carbocycles. The molecule has 0 aliphatic heterocycles. The van der Waals surface area contributed by atoms with Crippen LogP contribution >= 0.6 is 0 Å². The molecule has 0 radical (unpaired) electrons. The molecule has 0 amide bonds. The van der Waals surface area contributed by atoms with Crippen molar-refractivity contribution in [3.63, 3.8) is 0 Å². The van der Waals surface area contributed by atoms with Crippen LogP contribution < -0.4 is 23.7 Å². The van der Waals surface area contributed by atoms with E-state index in [0.29, 0.717) is 70.4 Å². The normalized spacial score (nSPS) is 11.1. The lowest BCUT2D eigenvalue weighted by Gasteiger charge is -2.15. The topological polar surface area (TPSA) is 177 Å². The Kier molecular flexibility index (Phi) is 18.5. The van der Waals surface area contributed by atoms with Gasteiger partial charge < -0.3 is 43.6 Å². The Morgan fingerprint density at radius 1 is 0.547 bits per heavy atom. The van der Waals surface area contributed by atoms with Crippen molar-refractivity contribution < 1.29 is 53.2 Å². The average Bonchev–Trinajstić information content (AvgIpc) is 3.27. The number of para-hydroxylation sites is 1. The molecule has 0 saturated carbocycles. The van der Waals surface area contributed by atoms with Crippen molar-refractivity contribution >= 4 is 23.4 Å². The van der Waals surface area contributed by atoms with Crippen molar-refractivity contribution in [2.24, 2.45) is 10.3 Å². The fraction of sp³-hybridized carbons (Fsp3) is 0.220. The zero-order valence-corrected chi connectivity index (χ0v) is 36.1. The largest absolute Gasteiger partial charge is 0.491 e. The van der Waals surface area contributed by atoms with Crippen molar-refractivity contribution in [1.29, 1.82) is 0 Å². The summed E-state index contributed by atoms with van der Waals surface area (Å²) in [4.78, 5) is 36.9. The maximum Gasteiger partial charge on any atom is 0.307 e. The lowest BCUT2D eigenvalue weighted by Crippen LogP contribution is -2.14. The van der Waals surface area contributed by atoms with Gasteiger partial charge in [0.1, 0.15) is 72.3 Å². The molecule has 0 aliphatic carbocycles. The molecule has 6 aromatic rings. The van der Waals surface area contributed by atoms with Gasteiger partial charge in [-0.2, -0.15) is 0 Å². The molecular formula is C50H51N3O11. The molecule has 1 heterocycles. The number of aliphatic carboxylic acids is 2. The van der Waals surface area contributed by atoms with Gasteiger partial charge in [-0.25, -0.2) is 4.98 Å². The van der Waals surface area contributed by atoms with Gasteiger partial charge in [-0.3, -0.25) is 9.59 Å². The first-order valence-corrected chi connectivity index (χ1v) is 20.6. The van der Waals surface area contributed by atoms with E-state index in [1.165, 1.54) is 0 Å². The minimum absolute atomic E-state index is 0.0599. The number of nitrogens with zero attached hydrogens (tertiary/aromatic N) is 3. The number of hydrogen-bond acceptors (Lipinski definition) is 12. The van der Waals surface area contributed by atoms with Gasteiger partial charge in [0.05, 0.1) is 18.9 Å². The van der Waals surface area contributed by atoms with Gasteiger partial charge in [0.15, 0.2) is 0 Å². The lowest BCUT2D eigenvalue weighted by molar-refractivity contribution is -0.137. The van der Waals surface area contributed by atoms with Crippen LogP contribution in [0.15, 0.2) is 156 Å². The highest BCUT2D eigenvalue weighted by molar-refractivity contribution is 6.02. The van der Waals surface area contributed by atoms with E-state index >= 15 is 0 Å². The van der Waals surface area contributed by atoms with E-state index in [4.69, 9.17) is 38.5 Å². The molecule has 0 fully saturated rings. The first kappa shape index (κ1) is 47.2. The van der Waals surface area contributed by atoms with Crippen molar-refractivity contribution in [2.45, 2.75) is 46.6 Å². The second-order valence-corrected chi connectivity index (χ2v) is 14.0. The number of carboxylic acid groups (broad SMARTS) is 2. The van der Waals surface area contributed by atoms with Crippen LogP contribution in [0.1, 0.15) is 49.9 Å². The number of ether oxygens (including phenoxy) is 5. The third-order valence-electron chi connectivity index (χ3n) is 8.45. The second-order valence-electron chi connectivity index (χ2n) is 14.0. The summed E-state index contributed by atoms with van der Waals surface area (Å²) in [5.74, 6) is 2.25. The van der Waals surface area contributed by atoms with Crippen molar-refractivity contribution in [1.82, 2.24) is 4.98 Å². The van der Waals surface area contributed by atoms with Gasteiger partial charge >= 0.3 is 11.9 Å². The smallest absolute Gasteiger partial charge is 0.307 e. The van der Waals surface area contributed by atoms with Crippen molar-refractivity contribution in [3.8, 4) is 40.4 Å². The lowest BCUT2D eigenvalue weighted by atomic mass is 10.1. The van der Waals surface area contributed by atoms with Gasteiger partial charge in [-0.15, -0.1) is 0 Å². The van der Waals surface area contributed by atoms with E-state index in [9.17, 15) is 14.7 Å². The van der Waals surface area contributed by atoms with Crippen LogP contribution in [0.4, 0.5) is 0 Å². The molecule has 0 atom stereocenters. The van der Waals surface area contributed by atoms with Gasteiger partial charge in [0.2, 0.25) is 5.88 Å². The molecule has 6 rings (SSSR count). The summed E-state index contributed by atoms with van der Waals surface area (Å²) in [7, 11) is 0. The summed E-state index contributed by atoms with van der Waals surface area (Å²) >= 11 is 0. The molecule has 0 saturated heterocycles. The van der Waals surface area contributed by atoms with E-state index < -0.39 is 11.9 Å². The van der Waals surface area contributed by atoms with E-state index in [1.54, 1.807) is 54.7 Å². The monoisotopic (exact) mass is 869 g/mol. The van der Waals surface area contributed by atoms with Gasteiger partial charge in [-0.1, -0.05) is 71.0 Å². The zero-order valence-electron chi connectivity index (χ0n) is 36.1. The highest BCUT2D eigenvalue weighted by Crippen LogP contribution is 2.27. The van der Waals surface area contributed by atoms with Gasteiger partial charge in [0.25, 0.3) is 0 Å². The van der Waals surface area contributed by atoms with Crippen molar-refractivity contribution in [2.75, 3.05) is 26.4 Å². The highest BCUT2D eigenvalue weighted by Gasteiger charge is 2.13. The number of oxime groups is 2. The Hall–Kier alpha value is -7.87. The Balaban J connectivity index is 0.000000243. The fourth-order valence-corrected chi connectivity index (χ4v) is 5.79. The Morgan fingerprint density at radius 2 is 1.08 bits per heavy atom. The number of carbonyl (C=O) groups is 2. The summed E-state index contributed by atoms with van der Waals surface area (Å²) in [6.07, 6.45) is 1.40. The molecule has 14 nitrogen and oxygen atoms in total. The average molecular weight is 870 g/mol. The Morgan fingerprint density at radius 3 is 1.67 bits per heavy atom. The minimum atomic E-state index is -0.929. The standard InChI is InChI=1S/C27H29NO6.C23H22N2O5/c1-4-32-28-26(21-9-8-12-23(16-21)34-22-10-6-5-7-11-22)18-31-24-13-20(15-27(29)30)14-25(17-24)33-19(2)3;1-2-29-25-21(16-28-19-9-5-7-17(13-19)14-23(26)27)18-8-6-10-20(15-18)30-22-11-3-4-12-24-22/h5-14,16-17,19H,4,15,18H2,1-3H3,(H,29,30);3-13,15H,2,14,16H2,1H3,(H,26,27)/b28-26+;25-21+. The van der Waals surface area contributed by atoms with E-state index in [1.807, 2.05) is 119 Å². The van der Waals surface area contributed by atoms with Crippen LogP contribution in [0.3, 0.4) is 0 Å². The number of carboxylic acids is 2. The van der Waals surface area contributed by atoms with Crippen molar-refractivity contribution in [3.05, 3.63) is 168 Å². The molecule has 64 heavy (non-hydrogen) atoms. The van der Waals surface area contributed by atoms with E-state index in [2.05, 4.69) is 15.3 Å². The first-order valence-electron chi connectivity index (χ1n) is 20.6. The molecule has 0 spiro atoms. The number of benzene rings is 5. The zero-order chi connectivity index (χ0) is 45.5. The summed E-state index contributed by atoms with van der Waals surface area (Å²) in [6.45, 7) is 8.57. The quantitative estimate of drug-likeness (QED) is 0.0488. The summed E-state index contributed by atoms with van der Waals surface area (Å²) in [5.41, 5.74) is 3.94. The van der Waals surface area contributed by atoms with E-state index in [0.717, 1.165) is 16.9 Å². The highest BCUT2D eigenvalue weighted by atomic mass is 16.6. The summed E-state index contributed by atoms with van der Waals surface area (Å²) < 4.78 is 29.3. The summed E-state index contributed by atoms with van der Waals surface area (Å²) in [6, 6.07) is 41.9. The molecule has 332 valence electrons. The predicted molar refractivity (Wildman–Crippen MR) is 242 cm³/mol. The third-order valence-corrected chi connectivity index (χ3v) is 8.45. The van der Waals surface area contributed by atoms with Crippen LogP contribution in [0.25, 0.3) is 0 Å². The van der Waals surface area contributed by atoms with Crippen LogP contribution in [-0.4, -0.2) is 71.1 Å². The SMILES string of the molecule is CCO/N=C(\COc1cc(CC(=O)O)cc(OC(C)C)c1)c1cccc(Oc2ccccc2)c1.CCO/N=C(\COc1cccc(CC(=O)O)c1)c1cccc(Oc2ccccn2)c1. The third kappa shape index (κ3) is 16.5. The van der Waals surface area contributed by atoms with Crippen LogP contribution in [-0.2, 0) is 32.1 Å². The van der Waals surface area contributed by atoms with Crippen LogP contribution in [0.2, 0.25) is 0 Å². The first-order chi connectivity index (χ1) is 31.1. The molecular weight excluding hydrogens is 819 g/mol. The molecule has 2 N–H and O–H groups in total. The van der Waals surface area contributed by atoms with Crippen LogP contribution in [0, 0.1) is 0 Å². The number of hydrogen-bond donors (Lipinski definition) is 2. The molecule has 0 aliphatic rings. The second kappa shape index (κ2) is 25.2. The molecule has 1 aromatic heterocycles. The minimum Gasteiger partial charge on any atom is -0.491 e. The fourth-order valence-electron chi connectivity index (χ4n) is 5.79. The maximum atomic E-state index is 11.2. The number of pyridine rings is 1. The number of rotatable bonds is 22. The Labute approximate surface area is 372 Å². The maximum absolute atomic E-state index is 11.2. The predicted octanol–water partition coefficient (Wildman–Crippen LogP) is 10.0. The van der Waals surface area contributed by atoms with E-state index in [-0.39, 0.29) is 32.2 Å². The number of aromatic nitrogens is 1. The van der Waals surface area contributed by atoms with Gasteiger partial charge in [-0.05, 0) is 106 Å². The molecule has 0 unspecified atom stereocenters. The van der Waals surface area contributed by atoms with Crippen LogP contribution in [0.5, 0.6) is 40.4 Å². The molecule has 0 bridgehead atoms. The van der Waals surface area contributed by atoms with Gasteiger partial charge in [0, 0.05) is 29.5 Å². The molecule has 14 heteroatoms.